The van der Waals surface area contributed by atoms with Crippen LogP contribution in [0.25, 0.3) is 5.69 Å². The van der Waals surface area contributed by atoms with Gasteiger partial charge < -0.3 is 24.3 Å². The van der Waals surface area contributed by atoms with Crippen LogP contribution in [-0.4, -0.2) is 35.0 Å². The number of hydrogen-bond acceptors (Lipinski definition) is 4. The molecule has 1 fully saturated rings. The zero-order chi connectivity index (χ0) is 25.1. The van der Waals surface area contributed by atoms with Crippen LogP contribution in [0.1, 0.15) is 29.0 Å². The van der Waals surface area contributed by atoms with E-state index in [4.69, 9.17) is 33.3 Å². The molecular formula is C28H27ClN4O2S. The van der Waals surface area contributed by atoms with Gasteiger partial charge in [-0.2, -0.15) is 0 Å². The number of pyridine rings is 1. The topological polar surface area (TPSA) is 51.6 Å². The third kappa shape index (κ3) is 4.69. The molecule has 0 radical (unpaired) electrons. The molecule has 5 rings (SSSR count). The van der Waals surface area contributed by atoms with E-state index in [2.05, 4.69) is 69.3 Å². The summed E-state index contributed by atoms with van der Waals surface area (Å²) < 4.78 is 13.1. The normalized spacial score (nSPS) is 17.3. The molecule has 8 heteroatoms. The molecule has 1 N–H and O–H groups in total. The van der Waals surface area contributed by atoms with Crippen LogP contribution in [0, 0.1) is 6.92 Å². The van der Waals surface area contributed by atoms with E-state index in [1.54, 1.807) is 7.11 Å². The van der Waals surface area contributed by atoms with Crippen LogP contribution in [-0.2, 0) is 4.74 Å². The fourth-order valence-electron chi connectivity index (χ4n) is 4.61. The maximum Gasteiger partial charge on any atom is 0.174 e. The van der Waals surface area contributed by atoms with E-state index in [9.17, 15) is 0 Å². The minimum Gasteiger partial charge on any atom is -0.490 e. The van der Waals surface area contributed by atoms with Crippen molar-refractivity contribution in [1.82, 2.24) is 14.9 Å². The summed E-state index contributed by atoms with van der Waals surface area (Å²) in [5.74, 6) is 0.608. The summed E-state index contributed by atoms with van der Waals surface area (Å²) in [6, 6.07) is 23.9. The number of methoxy groups -OCH3 is 1. The highest BCUT2D eigenvalue weighted by atomic mass is 35.5. The number of rotatable bonds is 8. The third-order valence-corrected chi connectivity index (χ3v) is 6.90. The molecule has 2 aromatic carbocycles. The Balaban J connectivity index is 1.59. The summed E-state index contributed by atoms with van der Waals surface area (Å²) in [5, 5.41) is 4.64. The van der Waals surface area contributed by atoms with Crippen LogP contribution in [0.2, 0.25) is 5.02 Å². The standard InChI is InChI=1S/C28H27ClN4O2S/c1-19-8-3-4-10-23(19)32-15-7-11-24(32)27-26(22-9-5-6-14-30-22)31-28(36)33(27)20-12-13-25(21(29)18-20)35-17-16-34-2/h3-15,18,26-27H,16-17H2,1-2H3,(H,31,36)/t26-,27-/m1/s1. The molecule has 0 aliphatic carbocycles. The van der Waals surface area contributed by atoms with Crippen molar-refractivity contribution in [3.8, 4) is 11.4 Å². The number of aryl methyl sites for hydroxylation is 1. The van der Waals surface area contributed by atoms with Crippen molar-refractivity contribution < 1.29 is 9.47 Å². The van der Waals surface area contributed by atoms with Gasteiger partial charge in [0.15, 0.2) is 5.11 Å². The minimum absolute atomic E-state index is 0.159. The van der Waals surface area contributed by atoms with Gasteiger partial charge in [-0.15, -0.1) is 0 Å². The molecule has 1 saturated heterocycles. The molecule has 4 aromatic rings. The Labute approximate surface area is 221 Å². The molecule has 0 unspecified atom stereocenters. The number of ether oxygens (including phenoxy) is 2. The Morgan fingerprint density at radius 3 is 2.61 bits per heavy atom. The zero-order valence-electron chi connectivity index (χ0n) is 20.1. The van der Waals surface area contributed by atoms with E-state index in [0.29, 0.717) is 29.1 Å². The van der Waals surface area contributed by atoms with Crippen LogP contribution in [0.5, 0.6) is 5.75 Å². The summed E-state index contributed by atoms with van der Waals surface area (Å²) in [6.45, 7) is 3.03. The van der Waals surface area contributed by atoms with Crippen molar-refractivity contribution in [2.45, 2.75) is 19.0 Å². The van der Waals surface area contributed by atoms with Crippen LogP contribution in [0.4, 0.5) is 5.69 Å². The Kier molecular flexibility index (Phi) is 7.23. The summed E-state index contributed by atoms with van der Waals surface area (Å²) in [4.78, 5) is 6.78. The fraction of sp³-hybridized carbons (Fsp3) is 0.214. The Hall–Kier alpha value is -3.39. The summed E-state index contributed by atoms with van der Waals surface area (Å²) >= 11 is 12.5. The van der Waals surface area contributed by atoms with Crippen molar-refractivity contribution in [2.75, 3.05) is 25.2 Å². The molecule has 3 heterocycles. The Morgan fingerprint density at radius 1 is 1.03 bits per heavy atom. The van der Waals surface area contributed by atoms with E-state index >= 15 is 0 Å². The Bertz CT molecular complexity index is 1360. The Morgan fingerprint density at radius 2 is 1.86 bits per heavy atom. The molecular weight excluding hydrogens is 492 g/mol. The summed E-state index contributed by atoms with van der Waals surface area (Å²) in [5.41, 5.74) is 5.18. The lowest BCUT2D eigenvalue weighted by Crippen LogP contribution is -2.30. The monoisotopic (exact) mass is 518 g/mol. The molecule has 0 saturated carbocycles. The highest BCUT2D eigenvalue weighted by molar-refractivity contribution is 7.80. The number of halogens is 1. The number of anilines is 1. The first-order valence-electron chi connectivity index (χ1n) is 11.7. The lowest BCUT2D eigenvalue weighted by atomic mass is 10.0. The quantitative estimate of drug-likeness (QED) is 0.227. The molecule has 0 spiro atoms. The van der Waals surface area contributed by atoms with Crippen molar-refractivity contribution in [3.63, 3.8) is 0 Å². The third-order valence-electron chi connectivity index (χ3n) is 6.30. The second-order valence-corrected chi connectivity index (χ2v) is 9.34. The van der Waals surface area contributed by atoms with Crippen molar-refractivity contribution in [1.29, 1.82) is 0 Å². The predicted molar refractivity (Wildman–Crippen MR) is 147 cm³/mol. The molecule has 36 heavy (non-hydrogen) atoms. The number of aromatic nitrogens is 2. The number of nitrogens with zero attached hydrogens (tertiary/aromatic N) is 3. The van der Waals surface area contributed by atoms with Crippen LogP contribution in [0.3, 0.4) is 0 Å². The number of nitrogens with one attached hydrogen (secondary N) is 1. The predicted octanol–water partition coefficient (Wildman–Crippen LogP) is 6.04. The summed E-state index contributed by atoms with van der Waals surface area (Å²) in [6.07, 6.45) is 3.90. The van der Waals surface area contributed by atoms with E-state index in [0.717, 1.165) is 22.8 Å². The first-order chi connectivity index (χ1) is 17.6. The van der Waals surface area contributed by atoms with Gasteiger partial charge in [-0.25, -0.2) is 0 Å². The molecule has 1 aliphatic rings. The first-order valence-corrected chi connectivity index (χ1v) is 12.5. The number of para-hydroxylation sites is 1. The molecule has 0 bridgehead atoms. The van der Waals surface area contributed by atoms with E-state index in [-0.39, 0.29) is 12.1 Å². The van der Waals surface area contributed by atoms with Crippen LogP contribution >= 0.6 is 23.8 Å². The molecule has 6 nitrogen and oxygen atoms in total. The second-order valence-electron chi connectivity index (χ2n) is 8.54. The van der Waals surface area contributed by atoms with Crippen molar-refractivity contribution in [3.05, 3.63) is 107 Å². The van der Waals surface area contributed by atoms with Gasteiger partial charge in [-0.05, 0) is 73.2 Å². The summed E-state index contributed by atoms with van der Waals surface area (Å²) in [7, 11) is 1.64. The van der Waals surface area contributed by atoms with Crippen LogP contribution < -0.4 is 15.0 Å². The van der Waals surface area contributed by atoms with Crippen LogP contribution in [0.15, 0.2) is 85.2 Å². The van der Waals surface area contributed by atoms with Gasteiger partial charge in [0.25, 0.3) is 0 Å². The molecule has 0 amide bonds. The molecule has 1 aliphatic heterocycles. The van der Waals surface area contributed by atoms with Gasteiger partial charge in [-0.1, -0.05) is 35.9 Å². The van der Waals surface area contributed by atoms with Gasteiger partial charge in [0.2, 0.25) is 0 Å². The van der Waals surface area contributed by atoms with Gasteiger partial charge in [0.05, 0.1) is 23.4 Å². The maximum absolute atomic E-state index is 6.63. The van der Waals surface area contributed by atoms with Gasteiger partial charge in [-0.3, -0.25) is 4.98 Å². The maximum atomic E-state index is 6.63. The second kappa shape index (κ2) is 10.7. The van der Waals surface area contributed by atoms with Gasteiger partial charge >= 0.3 is 0 Å². The average molecular weight is 519 g/mol. The van der Waals surface area contributed by atoms with Crippen molar-refractivity contribution >= 4 is 34.6 Å². The first kappa shape index (κ1) is 24.3. The highest BCUT2D eigenvalue weighted by Crippen LogP contribution is 2.43. The zero-order valence-corrected chi connectivity index (χ0v) is 21.7. The number of thiocarbonyl (C=S) groups is 1. The smallest absolute Gasteiger partial charge is 0.174 e. The molecule has 184 valence electrons. The highest BCUT2D eigenvalue weighted by Gasteiger charge is 2.42. The number of benzene rings is 2. The van der Waals surface area contributed by atoms with Crippen molar-refractivity contribution in [2.24, 2.45) is 0 Å². The SMILES string of the molecule is COCCOc1ccc(N2C(=S)N[C@H](c3ccccn3)[C@H]2c2cccn2-c2ccccc2C)cc1Cl. The fourth-order valence-corrected chi connectivity index (χ4v) is 5.19. The van der Waals surface area contributed by atoms with Gasteiger partial charge in [0, 0.05) is 36.6 Å². The molecule has 2 atom stereocenters. The number of hydrogen-bond donors (Lipinski definition) is 1. The average Bonchev–Trinajstić information content (AvgIpc) is 3.50. The lowest BCUT2D eigenvalue weighted by molar-refractivity contribution is 0.146. The van der Waals surface area contributed by atoms with E-state index in [1.807, 2.05) is 42.6 Å². The van der Waals surface area contributed by atoms with E-state index < -0.39 is 0 Å². The minimum atomic E-state index is -0.168. The lowest BCUT2D eigenvalue weighted by Gasteiger charge is -2.29. The largest absolute Gasteiger partial charge is 0.490 e. The van der Waals surface area contributed by atoms with E-state index in [1.165, 1.54) is 5.56 Å². The van der Waals surface area contributed by atoms with Gasteiger partial charge in [0.1, 0.15) is 18.4 Å². The molecule has 2 aromatic heterocycles.